The molecule has 106 valence electrons. The fourth-order valence-corrected chi connectivity index (χ4v) is 2.20. The van der Waals surface area contributed by atoms with Crippen molar-refractivity contribution in [2.24, 2.45) is 17.6 Å². The Kier molecular flexibility index (Phi) is 6.32. The van der Waals surface area contributed by atoms with E-state index >= 15 is 0 Å². The molecule has 0 spiro atoms. The van der Waals surface area contributed by atoms with E-state index < -0.39 is 0 Å². The zero-order valence-corrected chi connectivity index (χ0v) is 12.6. The summed E-state index contributed by atoms with van der Waals surface area (Å²) in [6, 6.07) is 7.59. The largest absolute Gasteiger partial charge is 0.349 e. The minimum absolute atomic E-state index is 0.0116. The van der Waals surface area contributed by atoms with E-state index in [4.69, 9.17) is 17.3 Å². The summed E-state index contributed by atoms with van der Waals surface area (Å²) in [6.07, 6.45) is 0.836. The highest BCUT2D eigenvalue weighted by atomic mass is 35.5. The minimum Gasteiger partial charge on any atom is -0.349 e. The van der Waals surface area contributed by atoms with Gasteiger partial charge in [-0.3, -0.25) is 4.79 Å². The van der Waals surface area contributed by atoms with E-state index in [1.807, 2.05) is 45.0 Å². The highest BCUT2D eigenvalue weighted by molar-refractivity contribution is 6.30. The first-order chi connectivity index (χ1) is 8.99. The third kappa shape index (κ3) is 4.51. The molecule has 19 heavy (non-hydrogen) atoms. The van der Waals surface area contributed by atoms with Gasteiger partial charge in [-0.2, -0.15) is 0 Å². The summed E-state index contributed by atoms with van der Waals surface area (Å²) in [7, 11) is 0. The molecule has 0 heterocycles. The summed E-state index contributed by atoms with van der Waals surface area (Å²) < 4.78 is 0. The van der Waals surface area contributed by atoms with Gasteiger partial charge in [0.05, 0.1) is 12.0 Å². The van der Waals surface area contributed by atoms with Crippen LogP contribution in [0.4, 0.5) is 0 Å². The zero-order valence-electron chi connectivity index (χ0n) is 11.8. The van der Waals surface area contributed by atoms with E-state index in [1.165, 1.54) is 0 Å². The molecule has 0 aliphatic carbocycles. The maximum Gasteiger partial charge on any atom is 0.225 e. The van der Waals surface area contributed by atoms with Gasteiger partial charge >= 0.3 is 0 Å². The molecule has 3 N–H and O–H groups in total. The fraction of sp³-hybridized carbons (Fsp3) is 0.533. The summed E-state index contributed by atoms with van der Waals surface area (Å²) in [5.41, 5.74) is 6.74. The van der Waals surface area contributed by atoms with E-state index in [-0.39, 0.29) is 23.8 Å². The van der Waals surface area contributed by atoms with Crippen LogP contribution in [-0.4, -0.2) is 12.5 Å². The van der Waals surface area contributed by atoms with Gasteiger partial charge in [-0.05, 0) is 30.0 Å². The molecule has 4 heteroatoms. The summed E-state index contributed by atoms with van der Waals surface area (Å²) in [4.78, 5) is 12.2. The van der Waals surface area contributed by atoms with Crippen LogP contribution in [0.1, 0.15) is 38.8 Å². The van der Waals surface area contributed by atoms with Crippen LogP contribution in [0.15, 0.2) is 24.3 Å². The van der Waals surface area contributed by atoms with Crippen LogP contribution < -0.4 is 11.1 Å². The van der Waals surface area contributed by atoms with Crippen LogP contribution in [0.3, 0.4) is 0 Å². The molecule has 3 nitrogen and oxygen atoms in total. The van der Waals surface area contributed by atoms with E-state index in [9.17, 15) is 4.79 Å². The Labute approximate surface area is 120 Å². The Morgan fingerprint density at radius 1 is 1.32 bits per heavy atom. The van der Waals surface area contributed by atoms with Crippen LogP contribution in [0, 0.1) is 11.8 Å². The number of amides is 1. The Balaban J connectivity index is 2.76. The molecule has 2 atom stereocenters. The predicted molar refractivity (Wildman–Crippen MR) is 80.0 cm³/mol. The average Bonchev–Trinajstić information content (AvgIpc) is 2.37. The van der Waals surface area contributed by atoms with Gasteiger partial charge in [-0.15, -0.1) is 0 Å². The first kappa shape index (κ1) is 16.0. The normalized spacial score (nSPS) is 14.2. The Morgan fingerprint density at radius 3 is 2.32 bits per heavy atom. The zero-order chi connectivity index (χ0) is 14.4. The summed E-state index contributed by atoms with van der Waals surface area (Å²) in [6.45, 7) is 6.45. The van der Waals surface area contributed by atoms with Crippen molar-refractivity contribution in [2.75, 3.05) is 6.54 Å². The molecule has 1 amide bonds. The lowest BCUT2D eigenvalue weighted by Gasteiger charge is -2.23. The third-order valence-electron chi connectivity index (χ3n) is 3.39. The monoisotopic (exact) mass is 282 g/mol. The molecule has 0 fully saturated rings. The molecule has 2 unspecified atom stereocenters. The average molecular weight is 283 g/mol. The number of hydrogen-bond acceptors (Lipinski definition) is 2. The van der Waals surface area contributed by atoms with Crippen LogP contribution in [0.2, 0.25) is 5.02 Å². The highest BCUT2D eigenvalue weighted by Gasteiger charge is 2.23. The number of benzene rings is 1. The number of carbonyl (C=O) groups excluding carboxylic acids is 1. The highest BCUT2D eigenvalue weighted by Crippen LogP contribution is 2.20. The Bertz CT molecular complexity index is 403. The van der Waals surface area contributed by atoms with Gasteiger partial charge in [0.15, 0.2) is 0 Å². The second kappa shape index (κ2) is 7.51. The van der Waals surface area contributed by atoms with Crippen molar-refractivity contribution in [3.8, 4) is 0 Å². The molecule has 0 saturated heterocycles. The summed E-state index contributed by atoms with van der Waals surface area (Å²) in [5.74, 6) is 0.133. The van der Waals surface area contributed by atoms with E-state index in [2.05, 4.69) is 5.32 Å². The minimum atomic E-state index is -0.138. The topological polar surface area (TPSA) is 55.1 Å². The molecule has 1 aromatic rings. The molecule has 0 bridgehead atoms. The number of carbonyl (C=O) groups is 1. The molecular weight excluding hydrogens is 260 g/mol. The van der Waals surface area contributed by atoms with Crippen molar-refractivity contribution in [3.63, 3.8) is 0 Å². The van der Waals surface area contributed by atoms with E-state index in [0.29, 0.717) is 11.6 Å². The molecule has 1 aromatic carbocycles. The SMILES string of the molecule is CCC(NC(=O)C(CN)C(C)C)c1ccc(Cl)cc1. The van der Waals surface area contributed by atoms with E-state index in [0.717, 1.165) is 12.0 Å². The Morgan fingerprint density at radius 2 is 1.89 bits per heavy atom. The van der Waals surface area contributed by atoms with Crippen LogP contribution in [0.5, 0.6) is 0 Å². The molecule has 0 aromatic heterocycles. The quantitative estimate of drug-likeness (QED) is 0.842. The summed E-state index contributed by atoms with van der Waals surface area (Å²) in [5, 5.41) is 3.77. The van der Waals surface area contributed by atoms with Crippen molar-refractivity contribution in [1.82, 2.24) is 5.32 Å². The van der Waals surface area contributed by atoms with Crippen molar-refractivity contribution in [3.05, 3.63) is 34.9 Å². The first-order valence-corrected chi connectivity index (χ1v) is 7.13. The number of rotatable bonds is 6. The van der Waals surface area contributed by atoms with Crippen LogP contribution in [0.25, 0.3) is 0 Å². The fourth-order valence-electron chi connectivity index (χ4n) is 2.08. The number of hydrogen-bond donors (Lipinski definition) is 2. The van der Waals surface area contributed by atoms with Gasteiger partial charge in [0.2, 0.25) is 5.91 Å². The predicted octanol–water partition coefficient (Wildman–Crippen LogP) is 3.14. The van der Waals surface area contributed by atoms with Gasteiger partial charge in [-0.1, -0.05) is 44.5 Å². The second-order valence-corrected chi connectivity index (χ2v) is 5.54. The maximum absolute atomic E-state index is 12.2. The van der Waals surface area contributed by atoms with Crippen molar-refractivity contribution < 1.29 is 4.79 Å². The standard InChI is InChI=1S/C15H23ClN2O/c1-4-14(11-5-7-12(16)8-6-11)18-15(19)13(9-17)10(2)3/h5-8,10,13-14H,4,9,17H2,1-3H3,(H,18,19). The van der Waals surface area contributed by atoms with Crippen LogP contribution >= 0.6 is 11.6 Å². The molecule has 0 saturated carbocycles. The molecular formula is C15H23ClN2O. The van der Waals surface area contributed by atoms with E-state index in [1.54, 1.807) is 0 Å². The molecule has 0 aliphatic rings. The first-order valence-electron chi connectivity index (χ1n) is 6.75. The lowest BCUT2D eigenvalue weighted by Crippen LogP contribution is -2.39. The maximum atomic E-state index is 12.2. The lowest BCUT2D eigenvalue weighted by atomic mass is 9.94. The summed E-state index contributed by atoms with van der Waals surface area (Å²) >= 11 is 5.88. The van der Waals surface area contributed by atoms with Crippen molar-refractivity contribution in [1.29, 1.82) is 0 Å². The van der Waals surface area contributed by atoms with Crippen LogP contribution in [-0.2, 0) is 4.79 Å². The van der Waals surface area contributed by atoms with Gasteiger partial charge < -0.3 is 11.1 Å². The molecule has 0 aliphatic heterocycles. The van der Waals surface area contributed by atoms with Crippen molar-refractivity contribution >= 4 is 17.5 Å². The number of nitrogens with two attached hydrogens (primary N) is 1. The van der Waals surface area contributed by atoms with Crippen molar-refractivity contribution in [2.45, 2.75) is 33.2 Å². The second-order valence-electron chi connectivity index (χ2n) is 5.11. The smallest absolute Gasteiger partial charge is 0.225 e. The number of halogens is 1. The van der Waals surface area contributed by atoms with Gasteiger partial charge in [0.25, 0.3) is 0 Å². The number of nitrogens with one attached hydrogen (secondary N) is 1. The van der Waals surface area contributed by atoms with Gasteiger partial charge in [-0.25, -0.2) is 0 Å². The lowest BCUT2D eigenvalue weighted by molar-refractivity contribution is -0.126. The van der Waals surface area contributed by atoms with Gasteiger partial charge in [0.1, 0.15) is 0 Å². The molecule has 1 rings (SSSR count). The Hall–Kier alpha value is -1.06. The van der Waals surface area contributed by atoms with Gasteiger partial charge in [0, 0.05) is 11.6 Å². The third-order valence-corrected chi connectivity index (χ3v) is 3.64. The molecule has 0 radical (unpaired) electrons.